The number of nitrogens with zero attached hydrogens (tertiary/aromatic N) is 2. The largest absolute Gasteiger partial charge is 0.481 e. The van der Waals surface area contributed by atoms with E-state index in [4.69, 9.17) is 0 Å². The maximum Gasteiger partial charge on any atom is 0.303 e. The molecule has 6 rings (SSSR count). The fourth-order valence-electron chi connectivity index (χ4n) is 9.70. The van der Waals surface area contributed by atoms with Crippen LogP contribution < -0.4 is 4.90 Å². The Bertz CT molecular complexity index is 3750. The normalized spacial score (nSPS) is 18.3. The number of hydrogen-bond donors (Lipinski definition) is 7. The lowest BCUT2D eigenvalue weighted by molar-refractivity contribution is -0.437. The quantitative estimate of drug-likeness (QED) is 0.0227. The molecule has 392 valence electrons. The summed E-state index contributed by atoms with van der Waals surface area (Å²) in [5.74, 6) is -2.39. The van der Waals surface area contributed by atoms with Crippen LogP contribution in [-0.4, -0.2) is 124 Å². The predicted molar refractivity (Wildman–Crippen MR) is 264 cm³/mol. The van der Waals surface area contributed by atoms with Crippen molar-refractivity contribution in [3.8, 4) is 0 Å². The van der Waals surface area contributed by atoms with E-state index in [2.05, 4.69) is 0 Å². The Morgan fingerprint density at radius 3 is 1.64 bits per heavy atom. The third-order valence-electron chi connectivity index (χ3n) is 12.7. The molecule has 1 unspecified atom stereocenters. The highest BCUT2D eigenvalue weighted by molar-refractivity contribution is 7.87. The maximum absolute atomic E-state index is 12.7. The predicted octanol–water partition coefficient (Wildman–Crippen LogP) is 5.72. The van der Waals surface area contributed by atoms with Crippen LogP contribution in [0.15, 0.2) is 104 Å². The van der Waals surface area contributed by atoms with Gasteiger partial charge in [-0.25, -0.2) is 0 Å². The molecule has 2 aliphatic heterocycles. The number of rotatable bonds is 21. The van der Waals surface area contributed by atoms with Gasteiger partial charge in [-0.15, -0.1) is 0 Å². The molecule has 0 saturated carbocycles. The summed E-state index contributed by atoms with van der Waals surface area (Å²) in [5.41, 5.74) is -0.247. The van der Waals surface area contributed by atoms with Crippen molar-refractivity contribution in [2.45, 2.75) is 96.1 Å². The summed E-state index contributed by atoms with van der Waals surface area (Å²) in [6, 6.07) is 8.84. The number of fused-ring (bicyclic) bond motifs is 6. The smallest absolute Gasteiger partial charge is 0.303 e. The van der Waals surface area contributed by atoms with Crippen LogP contribution in [0.25, 0.3) is 21.5 Å². The van der Waals surface area contributed by atoms with Crippen molar-refractivity contribution in [3.05, 3.63) is 95.7 Å². The molecular weight excluding hydrogens is 1070 g/mol. The number of anilines is 1. The van der Waals surface area contributed by atoms with Crippen molar-refractivity contribution in [3.63, 3.8) is 0 Å². The number of hydrogen-bond acceptors (Lipinski definition) is 14. The van der Waals surface area contributed by atoms with Crippen LogP contribution in [0.2, 0.25) is 0 Å². The van der Waals surface area contributed by atoms with Crippen molar-refractivity contribution in [1.82, 2.24) is 0 Å². The molecule has 0 saturated heterocycles. The van der Waals surface area contributed by atoms with Gasteiger partial charge in [0.05, 0.1) is 26.7 Å². The Balaban J connectivity index is 1.54. The first-order valence-corrected chi connectivity index (χ1v) is 30.7. The molecule has 7 N–H and O–H groups in total. The molecule has 0 bridgehead atoms. The summed E-state index contributed by atoms with van der Waals surface area (Å²) in [5, 5.41) is 9.02. The number of carboxylic acids is 1. The molecule has 0 radical (unpaired) electrons. The van der Waals surface area contributed by atoms with Crippen LogP contribution in [0.5, 0.6) is 0 Å². The van der Waals surface area contributed by atoms with Crippen molar-refractivity contribution in [2.24, 2.45) is 0 Å². The Hall–Kier alpha value is -4.98. The highest BCUT2D eigenvalue weighted by Gasteiger charge is 2.49. The first-order chi connectivity index (χ1) is 33.0. The summed E-state index contributed by atoms with van der Waals surface area (Å²) in [4.78, 5) is 9.65. The third kappa shape index (κ3) is 12.2. The molecule has 22 nitrogen and oxygen atoms in total. The van der Waals surface area contributed by atoms with Crippen molar-refractivity contribution >= 4 is 105 Å². The lowest BCUT2D eigenvalue weighted by Crippen LogP contribution is -2.32. The molecule has 2 heterocycles. The monoisotopic (exact) mass is 1120 g/mol. The molecule has 0 spiro atoms. The second-order valence-corrected chi connectivity index (χ2v) is 26.8. The minimum atomic E-state index is -5.14. The Morgan fingerprint density at radius 1 is 0.597 bits per heavy atom. The van der Waals surface area contributed by atoms with Gasteiger partial charge in [0, 0.05) is 64.7 Å². The van der Waals surface area contributed by atoms with Crippen molar-refractivity contribution in [1.29, 1.82) is 0 Å². The average Bonchev–Trinajstić information content (AvgIpc) is 3.59. The lowest BCUT2D eigenvalue weighted by Gasteiger charge is -2.27. The van der Waals surface area contributed by atoms with Crippen molar-refractivity contribution < 1.29 is 92.3 Å². The van der Waals surface area contributed by atoms with Gasteiger partial charge in [0.1, 0.15) is 16.3 Å². The van der Waals surface area contributed by atoms with Gasteiger partial charge in [-0.2, -0.15) is 55.1 Å². The fraction of sp³-hybridized carbons (Fsp3) is 0.364. The second kappa shape index (κ2) is 20.0. The highest BCUT2D eigenvalue weighted by atomic mass is 32.2. The van der Waals surface area contributed by atoms with E-state index in [1.165, 1.54) is 24.3 Å². The van der Waals surface area contributed by atoms with Gasteiger partial charge in [-0.05, 0) is 85.0 Å². The van der Waals surface area contributed by atoms with E-state index >= 15 is 0 Å². The number of carbonyl (C=O) groups is 1. The zero-order valence-electron chi connectivity index (χ0n) is 38.6. The van der Waals surface area contributed by atoms with Gasteiger partial charge in [0.15, 0.2) is 5.71 Å². The molecule has 0 aliphatic carbocycles. The van der Waals surface area contributed by atoms with Gasteiger partial charge in [0.2, 0.25) is 5.69 Å². The molecule has 4 aromatic rings. The number of allylic oxidation sites excluding steroid dienone is 6. The second-order valence-electron chi connectivity index (χ2n) is 18.0. The number of carboxylic acid groups (broad SMARTS) is 1. The SMILES string of the molecule is CC1(CCCCCC(=O)O)C(/C=C/C=C/C=C2/N(CCCS(=O)(=O)O)c3ccc4c(S(=O)(=O)O)cc(S(=O)(=O)O)cc4c3C2(C)C)=[N+](CCCS(=O)(=O)O)c2ccc3c(S(=O)(=O)O)cc(S(=O)(=O)O)cc3c21. The zero-order chi connectivity index (χ0) is 53.8. The van der Waals surface area contributed by atoms with Crippen LogP contribution in [-0.2, 0) is 76.3 Å². The van der Waals surface area contributed by atoms with E-state index in [0.717, 1.165) is 12.1 Å². The summed E-state index contributed by atoms with van der Waals surface area (Å²) in [6.07, 6.45) is 8.64. The van der Waals surface area contributed by atoms with Crippen LogP contribution in [0.1, 0.15) is 76.8 Å². The lowest BCUT2D eigenvalue weighted by atomic mass is 9.73. The summed E-state index contributed by atoms with van der Waals surface area (Å²) in [6.45, 7) is 4.96. The van der Waals surface area contributed by atoms with E-state index in [-0.39, 0.29) is 66.7 Å². The number of benzene rings is 4. The topological polar surface area (TPSA) is 370 Å². The molecule has 1 atom stereocenters. The molecular formula is C44H51N2O20S6+. The maximum atomic E-state index is 12.7. The van der Waals surface area contributed by atoms with Crippen LogP contribution in [0, 0.1) is 0 Å². The first-order valence-electron chi connectivity index (χ1n) is 21.7. The minimum absolute atomic E-state index is 0.000723. The van der Waals surface area contributed by atoms with Crippen LogP contribution in [0.4, 0.5) is 11.4 Å². The van der Waals surface area contributed by atoms with Gasteiger partial charge in [-0.1, -0.05) is 51.0 Å². The van der Waals surface area contributed by atoms with E-state index < -0.39 is 109 Å². The van der Waals surface area contributed by atoms with E-state index in [1.807, 2.05) is 0 Å². The Morgan fingerprint density at radius 2 is 1.12 bits per heavy atom. The average molecular weight is 1120 g/mol. The van der Waals surface area contributed by atoms with E-state index in [1.54, 1.807) is 60.6 Å². The zero-order valence-corrected chi connectivity index (χ0v) is 43.5. The van der Waals surface area contributed by atoms with Crippen LogP contribution >= 0.6 is 0 Å². The molecule has 28 heteroatoms. The van der Waals surface area contributed by atoms with Gasteiger partial charge in [-0.3, -0.25) is 32.1 Å². The van der Waals surface area contributed by atoms with E-state index in [0.29, 0.717) is 58.9 Å². The Labute approximate surface area is 416 Å². The number of aliphatic carboxylic acids is 1. The first kappa shape index (κ1) is 56.3. The third-order valence-corrected chi connectivity index (χ3v) is 17.7. The summed E-state index contributed by atoms with van der Waals surface area (Å²) in [7, 11) is -29.3. The molecule has 72 heavy (non-hydrogen) atoms. The van der Waals surface area contributed by atoms with Gasteiger partial charge >= 0.3 is 5.97 Å². The molecule has 2 aliphatic rings. The fourth-order valence-corrected chi connectivity index (χ4v) is 13.4. The standard InChI is InChI=1S/C44H50N2O20S6/c1-43(2)38(45(20-10-22-67(49,50)51)34-17-15-30-32(41(34)43)24-28(69(55,56)57)26-36(30)71(61,62)63)12-6-4-7-13-39-44(3,19-9-5-8-14-40(47)48)42-33-25-29(70(58,59)60)27-37(72(64,65)66)31(33)16-18-35(42)46(39)21-11-23-68(52,53)54/h4,6-7,12-13,15-18,24-27H,5,8-11,14,19-23H2,1-3H3,(H6-,47,48,49,50,51,52,53,54,55,56,57,58,59,60,61,62,63,64,65,66)/p+1. The van der Waals surface area contributed by atoms with Crippen LogP contribution in [0.3, 0.4) is 0 Å². The minimum Gasteiger partial charge on any atom is -0.481 e. The highest BCUT2D eigenvalue weighted by Crippen LogP contribution is 2.52. The summed E-state index contributed by atoms with van der Waals surface area (Å²) >= 11 is 0. The van der Waals surface area contributed by atoms with Gasteiger partial charge < -0.3 is 10.0 Å². The molecule has 0 aromatic heterocycles. The number of unbranched alkanes of at least 4 members (excludes halogenated alkanes) is 2. The van der Waals surface area contributed by atoms with Gasteiger partial charge in [0.25, 0.3) is 60.7 Å². The molecule has 4 aromatic carbocycles. The Kier molecular flexibility index (Phi) is 15.7. The van der Waals surface area contributed by atoms with Crippen molar-refractivity contribution in [2.75, 3.05) is 29.5 Å². The van der Waals surface area contributed by atoms with E-state index in [9.17, 15) is 87.7 Å². The molecule has 0 fully saturated rings. The summed E-state index contributed by atoms with van der Waals surface area (Å²) < 4.78 is 209. The molecule has 0 amide bonds.